The molecule has 0 aliphatic heterocycles. The van der Waals surface area contributed by atoms with Crippen molar-refractivity contribution in [2.75, 3.05) is 19.1 Å². The molecular weight excluding hydrogens is 236 g/mol. The van der Waals surface area contributed by atoms with Gasteiger partial charge in [-0.15, -0.1) is 0 Å². The van der Waals surface area contributed by atoms with E-state index in [2.05, 4.69) is 10.6 Å². The third-order valence-electron chi connectivity index (χ3n) is 2.24. The smallest absolute Gasteiger partial charge is 0.251 e. The number of hydrogen-bond donors (Lipinski definition) is 2. The van der Waals surface area contributed by atoms with Gasteiger partial charge in [-0.25, -0.2) is 0 Å². The van der Waals surface area contributed by atoms with E-state index >= 15 is 0 Å². The molecule has 0 aliphatic rings. The lowest BCUT2D eigenvalue weighted by molar-refractivity contribution is -0.121. The molecule has 1 atom stereocenters. The molecule has 0 bridgehead atoms. The van der Waals surface area contributed by atoms with E-state index in [-0.39, 0.29) is 11.8 Å². The highest BCUT2D eigenvalue weighted by Crippen LogP contribution is 2.02. The lowest BCUT2D eigenvalue weighted by Crippen LogP contribution is -2.47. The van der Waals surface area contributed by atoms with E-state index < -0.39 is 6.04 Å². The number of thioether (sulfide) groups is 1. The van der Waals surface area contributed by atoms with Gasteiger partial charge in [0.2, 0.25) is 5.91 Å². The van der Waals surface area contributed by atoms with Gasteiger partial charge in [0.05, 0.1) is 0 Å². The van der Waals surface area contributed by atoms with Crippen LogP contribution in [0, 0.1) is 0 Å². The Hall–Kier alpha value is -1.49. The van der Waals surface area contributed by atoms with Gasteiger partial charge in [-0.05, 0) is 18.4 Å². The number of benzene rings is 1. The average molecular weight is 252 g/mol. The molecule has 5 heteroatoms. The molecule has 0 fully saturated rings. The summed E-state index contributed by atoms with van der Waals surface area (Å²) in [6.45, 7) is 0. The summed E-state index contributed by atoms with van der Waals surface area (Å²) < 4.78 is 0. The molecule has 0 heterocycles. The van der Waals surface area contributed by atoms with Gasteiger partial charge in [0.15, 0.2) is 0 Å². The minimum absolute atomic E-state index is 0.177. The van der Waals surface area contributed by atoms with E-state index in [4.69, 9.17) is 0 Å². The predicted octanol–water partition coefficient (Wildman–Crippen LogP) is 0.894. The van der Waals surface area contributed by atoms with Crippen molar-refractivity contribution in [3.63, 3.8) is 0 Å². The Balaban J connectivity index is 2.67. The molecule has 0 saturated heterocycles. The Morgan fingerprint density at radius 3 is 2.47 bits per heavy atom. The van der Waals surface area contributed by atoms with Gasteiger partial charge < -0.3 is 10.6 Å². The second kappa shape index (κ2) is 6.96. The van der Waals surface area contributed by atoms with Crippen LogP contribution in [0.15, 0.2) is 30.3 Å². The molecule has 4 nitrogen and oxygen atoms in total. The number of nitrogens with one attached hydrogen (secondary N) is 2. The first kappa shape index (κ1) is 13.6. The molecule has 2 N–H and O–H groups in total. The third-order valence-corrected chi connectivity index (χ3v) is 2.90. The quantitative estimate of drug-likeness (QED) is 0.818. The molecule has 0 aliphatic carbocycles. The highest BCUT2D eigenvalue weighted by atomic mass is 32.2. The summed E-state index contributed by atoms with van der Waals surface area (Å²) in [4.78, 5) is 23.4. The lowest BCUT2D eigenvalue weighted by Gasteiger charge is -2.16. The molecule has 0 aromatic heterocycles. The second-order valence-corrected chi connectivity index (χ2v) is 4.37. The van der Waals surface area contributed by atoms with Crippen molar-refractivity contribution in [3.05, 3.63) is 35.9 Å². The number of amides is 2. The maximum absolute atomic E-state index is 11.8. The van der Waals surface area contributed by atoms with Crippen molar-refractivity contribution < 1.29 is 9.59 Å². The molecule has 2 amide bonds. The fourth-order valence-corrected chi connectivity index (χ4v) is 1.92. The van der Waals surface area contributed by atoms with Crippen LogP contribution in [0.25, 0.3) is 0 Å². The summed E-state index contributed by atoms with van der Waals surface area (Å²) in [5, 5.41) is 5.25. The summed E-state index contributed by atoms with van der Waals surface area (Å²) in [7, 11) is 1.56. The molecule has 1 aromatic rings. The standard InChI is InChI=1S/C12H16N2O2S/c1-13-12(16)10(8-17-2)14-11(15)9-6-4-3-5-7-9/h3-7,10H,8H2,1-2H3,(H,13,16)(H,14,15)/t10-/m0/s1. The van der Waals surface area contributed by atoms with Gasteiger partial charge in [0.25, 0.3) is 5.91 Å². The van der Waals surface area contributed by atoms with Crippen molar-refractivity contribution in [1.82, 2.24) is 10.6 Å². The molecular formula is C12H16N2O2S. The molecule has 0 radical (unpaired) electrons. The van der Waals surface area contributed by atoms with E-state index in [9.17, 15) is 9.59 Å². The first-order chi connectivity index (χ1) is 8.19. The second-order valence-electron chi connectivity index (χ2n) is 3.46. The van der Waals surface area contributed by atoms with E-state index in [1.807, 2.05) is 12.3 Å². The van der Waals surface area contributed by atoms with Gasteiger partial charge in [0.1, 0.15) is 6.04 Å². The summed E-state index contributed by atoms with van der Waals surface area (Å²) in [5.74, 6) is 0.148. The van der Waals surface area contributed by atoms with Crippen molar-refractivity contribution in [2.24, 2.45) is 0 Å². The van der Waals surface area contributed by atoms with Crippen molar-refractivity contribution in [3.8, 4) is 0 Å². The van der Waals surface area contributed by atoms with Gasteiger partial charge in [-0.2, -0.15) is 11.8 Å². The molecule has 0 saturated carbocycles. The summed E-state index contributed by atoms with van der Waals surface area (Å²) in [6.07, 6.45) is 1.89. The van der Waals surface area contributed by atoms with Crippen LogP contribution in [0.5, 0.6) is 0 Å². The van der Waals surface area contributed by atoms with Crippen molar-refractivity contribution in [2.45, 2.75) is 6.04 Å². The Labute approximate surface area is 105 Å². The van der Waals surface area contributed by atoms with E-state index in [0.29, 0.717) is 11.3 Å². The normalized spacial score (nSPS) is 11.6. The number of carbonyl (C=O) groups excluding carboxylic acids is 2. The van der Waals surface area contributed by atoms with Gasteiger partial charge in [0, 0.05) is 18.4 Å². The molecule has 1 rings (SSSR count). The zero-order chi connectivity index (χ0) is 12.7. The van der Waals surface area contributed by atoms with Crippen LogP contribution >= 0.6 is 11.8 Å². The van der Waals surface area contributed by atoms with Crippen LogP contribution in [-0.4, -0.2) is 36.9 Å². The number of rotatable bonds is 5. The van der Waals surface area contributed by atoms with Crippen LogP contribution in [0.1, 0.15) is 10.4 Å². The minimum Gasteiger partial charge on any atom is -0.357 e. The van der Waals surface area contributed by atoms with Crippen LogP contribution < -0.4 is 10.6 Å². The van der Waals surface area contributed by atoms with Crippen molar-refractivity contribution in [1.29, 1.82) is 0 Å². The Bertz CT molecular complexity index is 381. The van der Waals surface area contributed by atoms with Crippen LogP contribution in [0.4, 0.5) is 0 Å². The maximum Gasteiger partial charge on any atom is 0.251 e. The average Bonchev–Trinajstić information content (AvgIpc) is 2.38. The van der Waals surface area contributed by atoms with E-state index in [0.717, 1.165) is 0 Å². The fraction of sp³-hybridized carbons (Fsp3) is 0.333. The summed E-state index contributed by atoms with van der Waals surface area (Å²) >= 11 is 1.52. The topological polar surface area (TPSA) is 58.2 Å². The SMILES string of the molecule is CNC(=O)[C@H](CSC)NC(=O)c1ccccc1. The Morgan fingerprint density at radius 1 is 1.29 bits per heavy atom. The van der Waals surface area contributed by atoms with Gasteiger partial charge in [-0.1, -0.05) is 18.2 Å². The Morgan fingerprint density at radius 2 is 1.94 bits per heavy atom. The van der Waals surface area contributed by atoms with E-state index in [1.165, 1.54) is 11.8 Å². The highest BCUT2D eigenvalue weighted by Gasteiger charge is 2.19. The minimum atomic E-state index is -0.497. The zero-order valence-corrected chi connectivity index (χ0v) is 10.7. The molecule has 92 valence electrons. The van der Waals surface area contributed by atoms with Crippen LogP contribution in [0.3, 0.4) is 0 Å². The largest absolute Gasteiger partial charge is 0.357 e. The summed E-state index contributed by atoms with van der Waals surface area (Å²) in [5.41, 5.74) is 0.558. The monoisotopic (exact) mass is 252 g/mol. The van der Waals surface area contributed by atoms with Gasteiger partial charge >= 0.3 is 0 Å². The molecule has 1 aromatic carbocycles. The van der Waals surface area contributed by atoms with Gasteiger partial charge in [-0.3, -0.25) is 9.59 Å². The zero-order valence-electron chi connectivity index (χ0n) is 9.90. The van der Waals surface area contributed by atoms with E-state index in [1.54, 1.807) is 31.3 Å². The third kappa shape index (κ3) is 4.11. The number of carbonyl (C=O) groups is 2. The maximum atomic E-state index is 11.8. The molecule has 0 unspecified atom stereocenters. The highest BCUT2D eigenvalue weighted by molar-refractivity contribution is 7.98. The fourth-order valence-electron chi connectivity index (χ4n) is 1.35. The molecule has 0 spiro atoms. The predicted molar refractivity (Wildman–Crippen MR) is 70.1 cm³/mol. The number of likely N-dealkylation sites (N-methyl/N-ethyl adjacent to an activating group) is 1. The lowest BCUT2D eigenvalue weighted by atomic mass is 10.2. The van der Waals surface area contributed by atoms with Crippen LogP contribution in [-0.2, 0) is 4.79 Å². The van der Waals surface area contributed by atoms with Crippen LogP contribution in [0.2, 0.25) is 0 Å². The van der Waals surface area contributed by atoms with Crippen molar-refractivity contribution >= 4 is 23.6 Å². The molecule has 17 heavy (non-hydrogen) atoms. The first-order valence-corrected chi connectivity index (χ1v) is 6.65. The Kier molecular flexibility index (Phi) is 5.56. The first-order valence-electron chi connectivity index (χ1n) is 5.25. The summed E-state index contributed by atoms with van der Waals surface area (Å²) in [6, 6.07) is 8.36. The number of hydrogen-bond acceptors (Lipinski definition) is 3.